The molecule has 2 rings (SSSR count). The van der Waals surface area contributed by atoms with Gasteiger partial charge in [-0.2, -0.15) is 0 Å². The zero-order valence-corrected chi connectivity index (χ0v) is 11.6. The number of pyridine rings is 1. The Hall–Kier alpha value is -1.81. The molecule has 0 N–H and O–H groups in total. The zero-order chi connectivity index (χ0) is 13.7. The molecule has 0 saturated heterocycles. The van der Waals surface area contributed by atoms with Crippen LogP contribution in [0.25, 0.3) is 10.8 Å². The second kappa shape index (κ2) is 6.38. The summed E-state index contributed by atoms with van der Waals surface area (Å²) in [6, 6.07) is 9.98. The van der Waals surface area contributed by atoms with Crippen molar-refractivity contribution < 1.29 is 9.53 Å². The molecule has 0 spiro atoms. The molecule has 4 heteroatoms. The van der Waals surface area contributed by atoms with Gasteiger partial charge in [0.15, 0.2) is 0 Å². The highest BCUT2D eigenvalue weighted by molar-refractivity contribution is 7.80. The summed E-state index contributed by atoms with van der Waals surface area (Å²) in [4.78, 5) is 16.4. The van der Waals surface area contributed by atoms with E-state index in [4.69, 9.17) is 17.0 Å². The number of hydrogen-bond acceptors (Lipinski definition) is 4. The molecular formula is C15H15NO2S. The number of benzene rings is 1. The number of aromatic nitrogens is 1. The van der Waals surface area contributed by atoms with E-state index in [9.17, 15) is 4.79 Å². The summed E-state index contributed by atoms with van der Waals surface area (Å²) in [5.74, 6) is -0.271. The minimum atomic E-state index is -0.271. The van der Waals surface area contributed by atoms with Crippen LogP contribution >= 0.6 is 12.2 Å². The fourth-order valence-corrected chi connectivity index (χ4v) is 2.20. The van der Waals surface area contributed by atoms with Crippen molar-refractivity contribution in [3.05, 3.63) is 42.2 Å². The quantitative estimate of drug-likeness (QED) is 0.620. The van der Waals surface area contributed by atoms with Crippen LogP contribution in [0.15, 0.2) is 36.5 Å². The smallest absolute Gasteiger partial charge is 0.310 e. The Bertz CT molecular complexity index is 605. The van der Waals surface area contributed by atoms with Gasteiger partial charge in [-0.3, -0.25) is 9.78 Å². The maximum absolute atomic E-state index is 11.4. The van der Waals surface area contributed by atoms with Crippen molar-refractivity contribution in [1.29, 1.82) is 0 Å². The molecule has 0 atom stereocenters. The SMILES string of the molecule is CCOC(=O)CC(=S)Cc1nccc2ccccc12. The highest BCUT2D eigenvalue weighted by Crippen LogP contribution is 2.17. The fourth-order valence-electron chi connectivity index (χ4n) is 1.95. The highest BCUT2D eigenvalue weighted by atomic mass is 32.1. The van der Waals surface area contributed by atoms with Gasteiger partial charge in [0.05, 0.1) is 18.7 Å². The lowest BCUT2D eigenvalue weighted by atomic mass is 10.1. The maximum Gasteiger partial charge on any atom is 0.310 e. The average Bonchev–Trinajstić information content (AvgIpc) is 2.39. The van der Waals surface area contributed by atoms with Gasteiger partial charge < -0.3 is 4.74 Å². The molecule has 0 aliphatic rings. The van der Waals surface area contributed by atoms with Gasteiger partial charge >= 0.3 is 5.97 Å². The average molecular weight is 273 g/mol. The van der Waals surface area contributed by atoms with Crippen molar-refractivity contribution in [3.63, 3.8) is 0 Å². The molecule has 1 heterocycles. The minimum absolute atomic E-state index is 0.175. The van der Waals surface area contributed by atoms with Crippen molar-refractivity contribution in [3.8, 4) is 0 Å². The second-order valence-corrected chi connectivity index (χ2v) is 4.75. The lowest BCUT2D eigenvalue weighted by Gasteiger charge is -2.06. The van der Waals surface area contributed by atoms with Crippen LogP contribution in [0.5, 0.6) is 0 Å². The van der Waals surface area contributed by atoms with Gasteiger partial charge in [-0.25, -0.2) is 0 Å². The third-order valence-electron chi connectivity index (χ3n) is 2.77. The highest BCUT2D eigenvalue weighted by Gasteiger charge is 2.10. The summed E-state index contributed by atoms with van der Waals surface area (Å²) in [5.41, 5.74) is 0.910. The fraction of sp³-hybridized carbons (Fsp3) is 0.267. The lowest BCUT2D eigenvalue weighted by molar-refractivity contribution is -0.141. The Morgan fingerprint density at radius 3 is 2.89 bits per heavy atom. The zero-order valence-electron chi connectivity index (χ0n) is 10.8. The monoisotopic (exact) mass is 273 g/mol. The van der Waals surface area contributed by atoms with E-state index in [1.165, 1.54) is 0 Å². The molecule has 0 amide bonds. The van der Waals surface area contributed by atoms with Gasteiger partial charge in [-0.15, -0.1) is 0 Å². The number of ether oxygens (including phenoxy) is 1. The Kier molecular flexibility index (Phi) is 4.58. The number of thiocarbonyl (C=S) groups is 1. The van der Waals surface area contributed by atoms with E-state index in [2.05, 4.69) is 4.98 Å². The number of fused-ring (bicyclic) bond motifs is 1. The summed E-state index contributed by atoms with van der Waals surface area (Å²) >= 11 is 5.25. The molecule has 0 saturated carbocycles. The molecule has 0 unspecified atom stereocenters. The molecule has 1 aromatic carbocycles. The van der Waals surface area contributed by atoms with Crippen molar-refractivity contribution in [2.45, 2.75) is 19.8 Å². The van der Waals surface area contributed by atoms with Gasteiger partial charge in [0.2, 0.25) is 0 Å². The van der Waals surface area contributed by atoms with E-state index in [-0.39, 0.29) is 12.4 Å². The Morgan fingerprint density at radius 1 is 1.32 bits per heavy atom. The molecule has 0 bridgehead atoms. The van der Waals surface area contributed by atoms with Crippen LogP contribution < -0.4 is 0 Å². The predicted molar refractivity (Wildman–Crippen MR) is 79.3 cm³/mol. The number of carbonyl (C=O) groups excluding carboxylic acids is 1. The Morgan fingerprint density at radius 2 is 2.11 bits per heavy atom. The number of esters is 1. The molecule has 0 radical (unpaired) electrons. The number of carbonyl (C=O) groups is 1. The van der Waals surface area contributed by atoms with Crippen LogP contribution in [0, 0.1) is 0 Å². The predicted octanol–water partition coefficient (Wildman–Crippen LogP) is 3.10. The van der Waals surface area contributed by atoms with Crippen LogP contribution in [0.4, 0.5) is 0 Å². The molecule has 1 aromatic heterocycles. The van der Waals surface area contributed by atoms with E-state index in [1.54, 1.807) is 13.1 Å². The first kappa shape index (κ1) is 13.6. The topological polar surface area (TPSA) is 39.2 Å². The van der Waals surface area contributed by atoms with E-state index >= 15 is 0 Å². The molecule has 3 nitrogen and oxygen atoms in total. The van der Waals surface area contributed by atoms with E-state index < -0.39 is 0 Å². The third-order valence-corrected chi connectivity index (χ3v) is 3.06. The molecular weight excluding hydrogens is 258 g/mol. The van der Waals surface area contributed by atoms with Crippen molar-refractivity contribution in [2.24, 2.45) is 0 Å². The maximum atomic E-state index is 11.4. The number of nitrogens with zero attached hydrogens (tertiary/aromatic N) is 1. The summed E-state index contributed by atoms with van der Waals surface area (Å²) < 4.78 is 4.89. The van der Waals surface area contributed by atoms with E-state index in [1.807, 2.05) is 30.3 Å². The van der Waals surface area contributed by atoms with Crippen LogP contribution in [-0.2, 0) is 16.0 Å². The van der Waals surface area contributed by atoms with Crippen molar-refractivity contribution >= 4 is 33.8 Å². The molecule has 0 aliphatic carbocycles. The first-order chi connectivity index (χ1) is 9.20. The van der Waals surface area contributed by atoms with E-state index in [0.717, 1.165) is 16.5 Å². The minimum Gasteiger partial charge on any atom is -0.466 e. The normalized spacial score (nSPS) is 10.4. The first-order valence-electron chi connectivity index (χ1n) is 6.20. The number of rotatable bonds is 5. The second-order valence-electron chi connectivity index (χ2n) is 4.18. The van der Waals surface area contributed by atoms with Crippen LogP contribution in [-0.4, -0.2) is 22.4 Å². The van der Waals surface area contributed by atoms with E-state index in [0.29, 0.717) is 17.9 Å². The molecule has 0 fully saturated rings. The molecule has 2 aromatic rings. The Balaban J connectivity index is 2.13. The van der Waals surface area contributed by atoms with Crippen LogP contribution in [0.1, 0.15) is 19.0 Å². The van der Waals surface area contributed by atoms with Gasteiger partial charge in [0.1, 0.15) is 0 Å². The molecule has 0 aliphatic heterocycles. The van der Waals surface area contributed by atoms with Crippen molar-refractivity contribution in [2.75, 3.05) is 6.61 Å². The molecule has 19 heavy (non-hydrogen) atoms. The summed E-state index contributed by atoms with van der Waals surface area (Å²) in [7, 11) is 0. The van der Waals surface area contributed by atoms with Crippen molar-refractivity contribution in [1.82, 2.24) is 4.98 Å². The van der Waals surface area contributed by atoms with Gasteiger partial charge in [0.25, 0.3) is 0 Å². The summed E-state index contributed by atoms with van der Waals surface area (Å²) in [6.07, 6.45) is 2.47. The standard InChI is InChI=1S/C15H15NO2S/c1-2-18-15(17)10-12(19)9-14-13-6-4-3-5-11(13)7-8-16-14/h3-8H,2,9-10H2,1H3. The van der Waals surface area contributed by atoms with Gasteiger partial charge in [-0.05, 0) is 18.4 Å². The molecule has 98 valence electrons. The van der Waals surface area contributed by atoms with Crippen LogP contribution in [0.3, 0.4) is 0 Å². The summed E-state index contributed by atoms with van der Waals surface area (Å²) in [5, 5.41) is 2.21. The largest absolute Gasteiger partial charge is 0.466 e. The first-order valence-corrected chi connectivity index (χ1v) is 6.61. The van der Waals surface area contributed by atoms with Gasteiger partial charge in [-0.1, -0.05) is 36.5 Å². The lowest BCUT2D eigenvalue weighted by Crippen LogP contribution is -2.12. The number of hydrogen-bond donors (Lipinski definition) is 0. The van der Waals surface area contributed by atoms with Crippen LogP contribution in [0.2, 0.25) is 0 Å². The Labute approximate surface area is 117 Å². The third kappa shape index (κ3) is 3.58. The summed E-state index contributed by atoms with van der Waals surface area (Å²) in [6.45, 7) is 2.17. The van der Waals surface area contributed by atoms with Gasteiger partial charge in [0, 0.05) is 22.9 Å².